The minimum Gasteiger partial charge on any atom is -0.398 e. The van der Waals surface area contributed by atoms with Crippen molar-refractivity contribution in [2.75, 3.05) is 5.73 Å². The molecule has 0 atom stereocenters. The number of rotatable bonds is 2. The van der Waals surface area contributed by atoms with Gasteiger partial charge in [-0.3, -0.25) is 4.79 Å². The summed E-state index contributed by atoms with van der Waals surface area (Å²) in [4.78, 5) is 11.3. The van der Waals surface area contributed by atoms with Gasteiger partial charge in [0.05, 0.1) is 0 Å². The number of aryl methyl sites for hydroxylation is 1. The predicted octanol–water partition coefficient (Wildman–Crippen LogP) is 3.22. The first kappa shape index (κ1) is 13.7. The lowest BCUT2D eigenvalue weighted by Gasteiger charge is -2.22. The van der Waals surface area contributed by atoms with Crippen molar-refractivity contribution in [3.05, 3.63) is 52.6 Å². The summed E-state index contributed by atoms with van der Waals surface area (Å²) in [7, 11) is 0. The lowest BCUT2D eigenvalue weighted by atomic mass is 9.84. The number of nitrogens with two attached hydrogens (primary N) is 2. The molecule has 1 aliphatic rings. The van der Waals surface area contributed by atoms with Gasteiger partial charge in [-0.1, -0.05) is 12.1 Å². The third-order valence-corrected chi connectivity index (χ3v) is 4.37. The number of anilines is 1. The van der Waals surface area contributed by atoms with E-state index in [0.717, 1.165) is 29.7 Å². The average molecular weight is 280 g/mol. The molecule has 2 aromatic rings. The Labute approximate surface area is 125 Å². The second-order valence-corrected chi connectivity index (χ2v) is 5.76. The monoisotopic (exact) mass is 280 g/mol. The fourth-order valence-corrected chi connectivity index (χ4v) is 3.27. The van der Waals surface area contributed by atoms with Crippen LogP contribution in [0.5, 0.6) is 0 Å². The zero-order valence-corrected chi connectivity index (χ0v) is 12.3. The summed E-state index contributed by atoms with van der Waals surface area (Å²) in [5.41, 5.74) is 19.1. The van der Waals surface area contributed by atoms with E-state index < -0.39 is 0 Å². The van der Waals surface area contributed by atoms with E-state index in [1.807, 2.05) is 25.1 Å². The molecular weight excluding hydrogens is 260 g/mol. The van der Waals surface area contributed by atoms with Gasteiger partial charge in [-0.2, -0.15) is 0 Å². The highest BCUT2D eigenvalue weighted by Gasteiger charge is 2.18. The van der Waals surface area contributed by atoms with Gasteiger partial charge in [-0.05, 0) is 78.6 Å². The maximum absolute atomic E-state index is 11.3. The molecule has 3 heteroatoms. The second-order valence-electron chi connectivity index (χ2n) is 5.76. The number of primary amides is 1. The zero-order chi connectivity index (χ0) is 15.0. The van der Waals surface area contributed by atoms with E-state index in [1.54, 1.807) is 6.07 Å². The Bertz CT molecular complexity index is 719. The Morgan fingerprint density at radius 1 is 1.00 bits per heavy atom. The first-order valence-corrected chi connectivity index (χ1v) is 7.39. The number of hydrogen-bond acceptors (Lipinski definition) is 2. The quantitative estimate of drug-likeness (QED) is 0.829. The number of carbonyl (C=O) groups is 1. The van der Waals surface area contributed by atoms with Crippen molar-refractivity contribution >= 4 is 11.6 Å². The summed E-state index contributed by atoms with van der Waals surface area (Å²) in [6, 6.07) is 9.77. The topological polar surface area (TPSA) is 69.1 Å². The average Bonchev–Trinajstić information content (AvgIpc) is 2.48. The van der Waals surface area contributed by atoms with Gasteiger partial charge in [0.25, 0.3) is 0 Å². The van der Waals surface area contributed by atoms with Gasteiger partial charge in [0.15, 0.2) is 0 Å². The van der Waals surface area contributed by atoms with Crippen molar-refractivity contribution in [2.45, 2.75) is 32.6 Å². The number of hydrogen-bond donors (Lipinski definition) is 2. The summed E-state index contributed by atoms with van der Waals surface area (Å²) in [5.74, 6) is -0.385. The Hall–Kier alpha value is -2.29. The van der Waals surface area contributed by atoms with E-state index in [4.69, 9.17) is 11.5 Å². The van der Waals surface area contributed by atoms with E-state index in [-0.39, 0.29) is 5.91 Å². The molecule has 0 heterocycles. The smallest absolute Gasteiger partial charge is 0.248 e. The molecule has 0 aliphatic heterocycles. The SMILES string of the molecule is Cc1cc(C(N)=O)ccc1-c1ccc(N)c2c1CCCC2. The van der Waals surface area contributed by atoms with Crippen LogP contribution in [0.25, 0.3) is 11.1 Å². The summed E-state index contributed by atoms with van der Waals surface area (Å²) in [6.07, 6.45) is 4.56. The summed E-state index contributed by atoms with van der Waals surface area (Å²) in [5, 5.41) is 0. The lowest BCUT2D eigenvalue weighted by Crippen LogP contribution is -2.11. The minimum absolute atomic E-state index is 0.385. The molecular formula is C18H20N2O. The zero-order valence-electron chi connectivity index (χ0n) is 12.3. The number of amides is 1. The van der Waals surface area contributed by atoms with Crippen LogP contribution < -0.4 is 11.5 Å². The fraction of sp³-hybridized carbons (Fsp3) is 0.278. The maximum atomic E-state index is 11.3. The van der Waals surface area contributed by atoms with Crippen molar-refractivity contribution in [1.29, 1.82) is 0 Å². The highest BCUT2D eigenvalue weighted by molar-refractivity contribution is 5.94. The molecule has 0 fully saturated rings. The first-order chi connectivity index (χ1) is 10.1. The molecule has 3 rings (SSSR count). The third-order valence-electron chi connectivity index (χ3n) is 4.37. The molecule has 2 aromatic carbocycles. The van der Waals surface area contributed by atoms with Crippen molar-refractivity contribution < 1.29 is 4.79 Å². The van der Waals surface area contributed by atoms with E-state index in [1.165, 1.54) is 29.5 Å². The minimum atomic E-state index is -0.385. The van der Waals surface area contributed by atoms with Crippen LogP contribution in [0.3, 0.4) is 0 Å². The van der Waals surface area contributed by atoms with Crippen LogP contribution in [0.1, 0.15) is 39.9 Å². The van der Waals surface area contributed by atoms with Gasteiger partial charge in [0.1, 0.15) is 0 Å². The standard InChI is InChI=1S/C18H20N2O/c1-11-10-12(18(20)21)6-7-13(11)15-8-9-17(19)16-5-3-2-4-14(15)16/h6-10H,2-5,19H2,1H3,(H2,20,21). The van der Waals surface area contributed by atoms with Crippen LogP contribution in [-0.4, -0.2) is 5.91 Å². The molecule has 21 heavy (non-hydrogen) atoms. The third kappa shape index (κ3) is 2.40. The Morgan fingerprint density at radius 2 is 1.67 bits per heavy atom. The van der Waals surface area contributed by atoms with E-state index in [2.05, 4.69) is 6.07 Å². The van der Waals surface area contributed by atoms with Crippen molar-refractivity contribution in [3.63, 3.8) is 0 Å². The van der Waals surface area contributed by atoms with Gasteiger partial charge in [0.2, 0.25) is 5.91 Å². The van der Waals surface area contributed by atoms with Gasteiger partial charge in [-0.25, -0.2) is 0 Å². The van der Waals surface area contributed by atoms with Crippen LogP contribution in [0.15, 0.2) is 30.3 Å². The van der Waals surface area contributed by atoms with E-state index in [0.29, 0.717) is 5.56 Å². The number of fused-ring (bicyclic) bond motifs is 1. The lowest BCUT2D eigenvalue weighted by molar-refractivity contribution is 0.1000. The molecule has 0 radical (unpaired) electrons. The molecule has 0 spiro atoms. The van der Waals surface area contributed by atoms with Crippen LogP contribution in [-0.2, 0) is 12.8 Å². The Balaban J connectivity index is 2.15. The molecule has 0 saturated carbocycles. The highest BCUT2D eigenvalue weighted by atomic mass is 16.1. The number of carbonyl (C=O) groups excluding carboxylic acids is 1. The summed E-state index contributed by atoms with van der Waals surface area (Å²) >= 11 is 0. The normalized spacial score (nSPS) is 13.8. The Morgan fingerprint density at radius 3 is 2.33 bits per heavy atom. The molecule has 0 aromatic heterocycles. The van der Waals surface area contributed by atoms with Gasteiger partial charge in [0, 0.05) is 11.3 Å². The van der Waals surface area contributed by atoms with Crippen LogP contribution >= 0.6 is 0 Å². The largest absolute Gasteiger partial charge is 0.398 e. The van der Waals surface area contributed by atoms with Crippen molar-refractivity contribution in [1.82, 2.24) is 0 Å². The number of benzene rings is 2. The van der Waals surface area contributed by atoms with Crippen molar-refractivity contribution in [3.8, 4) is 11.1 Å². The fourth-order valence-electron chi connectivity index (χ4n) is 3.27. The Kier molecular flexibility index (Phi) is 3.42. The molecule has 0 unspecified atom stereocenters. The summed E-state index contributed by atoms with van der Waals surface area (Å²) in [6.45, 7) is 2.02. The molecule has 1 aliphatic carbocycles. The van der Waals surface area contributed by atoms with Crippen LogP contribution in [0.2, 0.25) is 0 Å². The van der Waals surface area contributed by atoms with E-state index in [9.17, 15) is 4.79 Å². The summed E-state index contributed by atoms with van der Waals surface area (Å²) < 4.78 is 0. The van der Waals surface area contributed by atoms with Gasteiger partial charge in [-0.15, -0.1) is 0 Å². The van der Waals surface area contributed by atoms with Gasteiger partial charge >= 0.3 is 0 Å². The molecule has 108 valence electrons. The molecule has 1 amide bonds. The van der Waals surface area contributed by atoms with Crippen LogP contribution in [0, 0.1) is 6.92 Å². The van der Waals surface area contributed by atoms with E-state index >= 15 is 0 Å². The molecule has 0 bridgehead atoms. The maximum Gasteiger partial charge on any atom is 0.248 e. The van der Waals surface area contributed by atoms with Crippen LogP contribution in [0.4, 0.5) is 5.69 Å². The second kappa shape index (κ2) is 5.24. The van der Waals surface area contributed by atoms with Crippen molar-refractivity contribution in [2.24, 2.45) is 5.73 Å². The molecule has 3 nitrogen and oxygen atoms in total. The molecule has 4 N–H and O–H groups in total. The number of nitrogen functional groups attached to an aromatic ring is 1. The molecule has 0 saturated heterocycles. The first-order valence-electron chi connectivity index (χ1n) is 7.39. The van der Waals surface area contributed by atoms with Gasteiger partial charge < -0.3 is 11.5 Å². The predicted molar refractivity (Wildman–Crippen MR) is 86.2 cm³/mol. The highest BCUT2D eigenvalue weighted by Crippen LogP contribution is 2.36.